The van der Waals surface area contributed by atoms with Crippen molar-refractivity contribution in [2.45, 2.75) is 110 Å². The second-order valence-electron chi connectivity index (χ2n) is 11.0. The maximum atomic E-state index is 10.1. The molecule has 0 radical (unpaired) electrons. The van der Waals surface area contributed by atoms with Gasteiger partial charge >= 0.3 is 0 Å². The molecular weight excluding hydrogens is 356 g/mol. The van der Waals surface area contributed by atoms with Gasteiger partial charge < -0.3 is 10.2 Å². The van der Waals surface area contributed by atoms with Crippen LogP contribution < -0.4 is 0 Å². The minimum Gasteiger partial charge on any atom is -0.393 e. The van der Waals surface area contributed by atoms with Crippen molar-refractivity contribution in [1.82, 2.24) is 0 Å². The highest BCUT2D eigenvalue weighted by atomic mass is 16.3. The lowest BCUT2D eigenvalue weighted by Crippen LogP contribution is -2.36. The SMILES string of the molecule is [2H]C([2H])=C1CC[C@H](O)C/C1=C([2H])\C=C1\CCC[C@]2(C)[C@@H]([C@H](C)CCCC(C)(C)O)CC[C@@H]12. The Hall–Kier alpha value is -0.860. The topological polar surface area (TPSA) is 40.5 Å². The van der Waals surface area contributed by atoms with E-state index in [0.717, 1.165) is 32.1 Å². The summed E-state index contributed by atoms with van der Waals surface area (Å²) in [6, 6.07) is 0.414. The Morgan fingerprint density at radius 1 is 1.34 bits per heavy atom. The zero-order valence-electron chi connectivity index (χ0n) is 22.1. The molecule has 2 heteroatoms. The average molecular weight is 404 g/mol. The zero-order valence-corrected chi connectivity index (χ0v) is 19.1. The minimum atomic E-state index is -0.585. The first-order chi connectivity index (χ1) is 14.9. The molecule has 0 bridgehead atoms. The summed E-state index contributed by atoms with van der Waals surface area (Å²) in [4.78, 5) is 0. The van der Waals surface area contributed by atoms with Gasteiger partial charge in [-0.15, -0.1) is 0 Å². The fourth-order valence-electron chi connectivity index (χ4n) is 6.49. The molecule has 3 rings (SSSR count). The van der Waals surface area contributed by atoms with Crippen LogP contribution in [0.25, 0.3) is 0 Å². The van der Waals surface area contributed by atoms with Crippen LogP contribution in [0.4, 0.5) is 0 Å². The number of allylic oxidation sites excluding steroid dienone is 4. The van der Waals surface area contributed by atoms with Crippen LogP contribution in [0.3, 0.4) is 0 Å². The van der Waals surface area contributed by atoms with Crippen molar-refractivity contribution >= 4 is 0 Å². The summed E-state index contributed by atoms with van der Waals surface area (Å²) in [6.07, 6.45) is 12.0. The summed E-state index contributed by atoms with van der Waals surface area (Å²) in [5, 5.41) is 20.2. The van der Waals surface area contributed by atoms with Crippen molar-refractivity contribution < 1.29 is 14.3 Å². The number of aliphatic hydroxyl groups is 2. The molecule has 3 aliphatic rings. The molecule has 0 amide bonds. The summed E-state index contributed by atoms with van der Waals surface area (Å²) in [5.41, 5.74) is 2.40. The van der Waals surface area contributed by atoms with Crippen LogP contribution in [0.5, 0.6) is 0 Å². The molecule has 0 aromatic rings. The van der Waals surface area contributed by atoms with E-state index in [1.807, 2.05) is 19.9 Å². The Kier molecular flexibility index (Phi) is 5.92. The van der Waals surface area contributed by atoms with Gasteiger partial charge in [0, 0.05) is 0 Å². The minimum absolute atomic E-state index is 0.204. The van der Waals surface area contributed by atoms with Crippen LogP contribution >= 0.6 is 0 Å². The van der Waals surface area contributed by atoms with Gasteiger partial charge in [-0.25, -0.2) is 0 Å². The van der Waals surface area contributed by atoms with Gasteiger partial charge in [0.1, 0.15) is 0 Å². The zero-order chi connectivity index (χ0) is 23.7. The summed E-state index contributed by atoms with van der Waals surface area (Å²) in [7, 11) is 0. The van der Waals surface area contributed by atoms with Gasteiger partial charge in [0.15, 0.2) is 0 Å². The molecule has 2 nitrogen and oxygen atoms in total. The fourth-order valence-corrected chi connectivity index (χ4v) is 6.49. The molecule has 0 aromatic heterocycles. The fraction of sp³-hybridized carbons (Fsp3) is 0.778. The second kappa shape index (κ2) is 9.10. The van der Waals surface area contributed by atoms with Gasteiger partial charge in [-0.2, -0.15) is 0 Å². The van der Waals surface area contributed by atoms with Gasteiger partial charge in [0.05, 0.1) is 15.8 Å². The summed E-state index contributed by atoms with van der Waals surface area (Å²) < 4.78 is 24.4. The summed E-state index contributed by atoms with van der Waals surface area (Å²) in [6.45, 7) is 8.44. The Morgan fingerprint density at radius 2 is 2.14 bits per heavy atom. The lowest BCUT2D eigenvalue weighted by Gasteiger charge is -2.44. The predicted molar refractivity (Wildman–Crippen MR) is 123 cm³/mol. The first kappa shape index (κ1) is 18.9. The number of rotatable bonds is 6. The van der Waals surface area contributed by atoms with Crippen molar-refractivity contribution in [2.24, 2.45) is 23.2 Å². The smallest absolute Gasteiger partial charge is 0.0626 e. The highest BCUT2D eigenvalue weighted by molar-refractivity contribution is 5.36. The van der Waals surface area contributed by atoms with E-state index in [-0.39, 0.29) is 11.9 Å². The number of aliphatic hydroxyl groups excluding tert-OH is 1. The van der Waals surface area contributed by atoms with Crippen LogP contribution in [0.2, 0.25) is 0 Å². The third-order valence-corrected chi connectivity index (χ3v) is 8.14. The molecule has 3 aliphatic carbocycles. The second-order valence-corrected chi connectivity index (χ2v) is 11.0. The van der Waals surface area contributed by atoms with Gasteiger partial charge in [-0.3, -0.25) is 0 Å². The molecule has 0 heterocycles. The van der Waals surface area contributed by atoms with E-state index in [9.17, 15) is 10.2 Å². The molecule has 3 fully saturated rings. The van der Waals surface area contributed by atoms with Crippen molar-refractivity contribution in [3.8, 4) is 0 Å². The Labute approximate surface area is 183 Å². The lowest BCUT2D eigenvalue weighted by molar-refractivity contribution is 0.0596. The first-order valence-electron chi connectivity index (χ1n) is 13.4. The van der Waals surface area contributed by atoms with Gasteiger partial charge in [0.25, 0.3) is 0 Å². The van der Waals surface area contributed by atoms with E-state index >= 15 is 0 Å². The van der Waals surface area contributed by atoms with E-state index in [0.29, 0.717) is 54.2 Å². The van der Waals surface area contributed by atoms with Crippen molar-refractivity contribution in [1.29, 1.82) is 0 Å². The largest absolute Gasteiger partial charge is 0.393 e. The van der Waals surface area contributed by atoms with Crippen LogP contribution in [-0.2, 0) is 0 Å². The molecule has 0 spiro atoms. The number of fused-ring (bicyclic) bond motifs is 1. The van der Waals surface area contributed by atoms with E-state index in [1.165, 1.54) is 24.8 Å². The van der Waals surface area contributed by atoms with E-state index in [2.05, 4.69) is 13.8 Å². The maximum Gasteiger partial charge on any atom is 0.0626 e. The lowest BCUT2D eigenvalue weighted by atomic mass is 9.60. The normalized spacial score (nSPS) is 38.8. The molecule has 29 heavy (non-hydrogen) atoms. The monoisotopic (exact) mass is 403 g/mol. The molecule has 5 atom stereocenters. The third kappa shape index (κ3) is 5.44. The van der Waals surface area contributed by atoms with Crippen LogP contribution in [0.15, 0.2) is 35.4 Å². The molecule has 3 saturated carbocycles. The maximum absolute atomic E-state index is 10.1. The van der Waals surface area contributed by atoms with Gasteiger partial charge in [-0.1, -0.05) is 56.5 Å². The highest BCUT2D eigenvalue weighted by Crippen LogP contribution is 2.60. The highest BCUT2D eigenvalue weighted by Gasteiger charge is 2.50. The third-order valence-electron chi connectivity index (χ3n) is 8.14. The Balaban J connectivity index is 1.79. The van der Waals surface area contributed by atoms with Gasteiger partial charge in [0.2, 0.25) is 0 Å². The molecule has 0 saturated heterocycles. The molecule has 0 aliphatic heterocycles. The Morgan fingerprint density at radius 3 is 2.86 bits per heavy atom. The molecular formula is C27H44O2. The average Bonchev–Trinajstić information content (AvgIpc) is 3.04. The van der Waals surface area contributed by atoms with E-state index in [4.69, 9.17) is 4.11 Å². The quantitative estimate of drug-likeness (QED) is 0.516. The number of hydrogen-bond donors (Lipinski definition) is 2. The van der Waals surface area contributed by atoms with Gasteiger partial charge in [-0.05, 0) is 100 Å². The van der Waals surface area contributed by atoms with Crippen molar-refractivity contribution in [3.05, 3.63) is 35.4 Å². The molecule has 164 valence electrons. The first-order valence-corrected chi connectivity index (χ1v) is 11.9. The van der Waals surface area contributed by atoms with Crippen molar-refractivity contribution in [3.63, 3.8) is 0 Å². The summed E-state index contributed by atoms with van der Waals surface area (Å²) in [5.74, 6) is 1.82. The number of hydrogen-bond acceptors (Lipinski definition) is 2. The molecule has 0 aromatic carbocycles. The van der Waals surface area contributed by atoms with Crippen LogP contribution in [-0.4, -0.2) is 21.9 Å². The predicted octanol–water partition coefficient (Wildman–Crippen LogP) is 6.73. The standard InChI is InChI=1S/C27H44O2/c1-19-10-13-23(28)18-22(19)12-11-21-9-7-17-27(5)24(14-15-25(21)27)20(2)8-6-16-26(3,4)29/h11-12,20,23-25,28-29H,1,6-10,13-18H2,2-5H3/b21-11-,22-12+/t20-,23+,24-,25+,27-/m1/s1/i1D2,12D. The van der Waals surface area contributed by atoms with E-state index < -0.39 is 11.7 Å². The Bertz CT molecular complexity index is 772. The van der Waals surface area contributed by atoms with Crippen LogP contribution in [0, 0.1) is 23.2 Å². The summed E-state index contributed by atoms with van der Waals surface area (Å²) >= 11 is 0. The van der Waals surface area contributed by atoms with Crippen molar-refractivity contribution in [2.75, 3.05) is 0 Å². The van der Waals surface area contributed by atoms with E-state index in [1.54, 1.807) is 0 Å². The molecule has 2 N–H and O–H groups in total. The van der Waals surface area contributed by atoms with Crippen LogP contribution in [0.1, 0.15) is 102 Å². The molecule has 0 unspecified atom stereocenters.